The Kier molecular flexibility index (Phi) is 3.73. The summed E-state index contributed by atoms with van der Waals surface area (Å²) in [5, 5.41) is 0. The first-order chi connectivity index (χ1) is 12.5. The van der Waals surface area contributed by atoms with Gasteiger partial charge in [0.05, 0.1) is 5.69 Å². The number of anilines is 1. The van der Waals surface area contributed by atoms with E-state index in [1.165, 1.54) is 6.07 Å². The maximum atomic E-state index is 13.6. The van der Waals surface area contributed by atoms with Gasteiger partial charge in [-0.3, -0.25) is 9.20 Å². The SMILES string of the molecule is Nc1nc2ccc(C(=O)c3ccccc3)cn2c1-c1ccc(F)c(F)c1. The normalized spacial score (nSPS) is 11.0. The average molecular weight is 349 g/mol. The molecule has 6 heteroatoms. The topological polar surface area (TPSA) is 60.4 Å². The minimum absolute atomic E-state index is 0.156. The Morgan fingerprint density at radius 3 is 2.42 bits per heavy atom. The Bertz CT molecular complexity index is 1140. The molecule has 0 unspecified atom stereocenters. The first-order valence-corrected chi connectivity index (χ1v) is 7.87. The van der Waals surface area contributed by atoms with Crippen LogP contribution in [0, 0.1) is 11.6 Å². The number of nitrogen functional groups attached to an aromatic ring is 1. The highest BCUT2D eigenvalue weighted by Gasteiger charge is 2.16. The summed E-state index contributed by atoms with van der Waals surface area (Å²) in [5.74, 6) is -1.91. The van der Waals surface area contributed by atoms with Crippen molar-refractivity contribution in [3.8, 4) is 11.3 Å². The van der Waals surface area contributed by atoms with Crippen molar-refractivity contribution in [2.75, 3.05) is 5.73 Å². The molecule has 2 heterocycles. The van der Waals surface area contributed by atoms with Crippen molar-refractivity contribution < 1.29 is 13.6 Å². The first-order valence-electron chi connectivity index (χ1n) is 7.87. The van der Waals surface area contributed by atoms with Crippen LogP contribution in [-0.2, 0) is 0 Å². The van der Waals surface area contributed by atoms with E-state index in [2.05, 4.69) is 4.98 Å². The van der Waals surface area contributed by atoms with Crippen LogP contribution in [0.15, 0.2) is 66.9 Å². The zero-order valence-electron chi connectivity index (χ0n) is 13.5. The number of halogens is 2. The molecule has 0 aliphatic carbocycles. The van der Waals surface area contributed by atoms with Crippen molar-refractivity contribution in [2.24, 2.45) is 0 Å². The van der Waals surface area contributed by atoms with E-state index in [0.29, 0.717) is 28.0 Å². The number of ketones is 1. The summed E-state index contributed by atoms with van der Waals surface area (Å²) in [4.78, 5) is 16.9. The van der Waals surface area contributed by atoms with Gasteiger partial charge in [0.2, 0.25) is 0 Å². The molecule has 0 bridgehead atoms. The molecular weight excluding hydrogens is 336 g/mol. The molecule has 128 valence electrons. The first kappa shape index (κ1) is 16.0. The third-order valence-electron chi connectivity index (χ3n) is 4.14. The quantitative estimate of drug-likeness (QED) is 0.567. The molecular formula is C20H13F2N3O. The Morgan fingerprint density at radius 1 is 0.923 bits per heavy atom. The Morgan fingerprint density at radius 2 is 1.69 bits per heavy atom. The molecule has 2 N–H and O–H groups in total. The number of imidazole rings is 1. The highest BCUT2D eigenvalue weighted by molar-refractivity contribution is 6.09. The van der Waals surface area contributed by atoms with Gasteiger partial charge in [0, 0.05) is 22.9 Å². The van der Waals surface area contributed by atoms with Gasteiger partial charge < -0.3 is 5.73 Å². The van der Waals surface area contributed by atoms with Gasteiger partial charge in [-0.1, -0.05) is 30.3 Å². The maximum Gasteiger partial charge on any atom is 0.194 e. The van der Waals surface area contributed by atoms with Gasteiger partial charge in [-0.2, -0.15) is 0 Å². The lowest BCUT2D eigenvalue weighted by Crippen LogP contribution is -2.03. The number of nitrogens with zero attached hydrogens (tertiary/aromatic N) is 2. The summed E-state index contributed by atoms with van der Waals surface area (Å²) in [5.41, 5.74) is 8.25. The zero-order chi connectivity index (χ0) is 18.3. The summed E-state index contributed by atoms with van der Waals surface area (Å²) < 4.78 is 28.5. The number of carbonyl (C=O) groups is 1. The van der Waals surface area contributed by atoms with Gasteiger partial charge in [0.15, 0.2) is 23.2 Å². The third-order valence-corrected chi connectivity index (χ3v) is 4.14. The van der Waals surface area contributed by atoms with Crippen LogP contribution in [0.1, 0.15) is 15.9 Å². The van der Waals surface area contributed by atoms with Crippen LogP contribution in [0.4, 0.5) is 14.6 Å². The molecule has 0 radical (unpaired) electrons. The summed E-state index contributed by atoms with van der Waals surface area (Å²) >= 11 is 0. The number of pyridine rings is 1. The molecule has 0 aliphatic rings. The predicted octanol–water partition coefficient (Wildman–Crippen LogP) is 4.09. The van der Waals surface area contributed by atoms with E-state index in [1.807, 2.05) is 6.07 Å². The minimum atomic E-state index is -0.978. The van der Waals surface area contributed by atoms with Crippen molar-refractivity contribution in [3.05, 3.63) is 89.6 Å². The van der Waals surface area contributed by atoms with Gasteiger partial charge >= 0.3 is 0 Å². The fourth-order valence-electron chi connectivity index (χ4n) is 2.88. The number of hydrogen-bond donors (Lipinski definition) is 1. The number of rotatable bonds is 3. The van der Waals surface area contributed by atoms with E-state index in [9.17, 15) is 13.6 Å². The van der Waals surface area contributed by atoms with Crippen LogP contribution in [0.3, 0.4) is 0 Å². The summed E-state index contributed by atoms with van der Waals surface area (Å²) in [7, 11) is 0. The molecule has 0 saturated heterocycles. The molecule has 0 spiro atoms. The highest BCUT2D eigenvalue weighted by Crippen LogP contribution is 2.29. The number of aromatic nitrogens is 2. The van der Waals surface area contributed by atoms with Gasteiger partial charge in [0.25, 0.3) is 0 Å². The highest BCUT2D eigenvalue weighted by atomic mass is 19.2. The standard InChI is InChI=1S/C20H13F2N3O/c21-15-8-6-13(10-16(15)22)18-20(23)24-17-9-7-14(11-25(17)18)19(26)12-4-2-1-3-5-12/h1-11H,23H2. The van der Waals surface area contributed by atoms with E-state index in [1.54, 1.807) is 47.0 Å². The van der Waals surface area contributed by atoms with Gasteiger partial charge in [-0.05, 0) is 30.3 Å². The van der Waals surface area contributed by atoms with Gasteiger partial charge in [0.1, 0.15) is 5.65 Å². The average Bonchev–Trinajstić information content (AvgIpc) is 2.99. The monoisotopic (exact) mass is 349 g/mol. The Hall–Kier alpha value is -3.54. The van der Waals surface area contributed by atoms with E-state index in [0.717, 1.165) is 12.1 Å². The summed E-state index contributed by atoms with van der Waals surface area (Å²) in [6.45, 7) is 0. The largest absolute Gasteiger partial charge is 0.382 e. The van der Waals surface area contributed by atoms with Crippen LogP contribution in [0.5, 0.6) is 0 Å². The second kappa shape index (κ2) is 6.07. The Balaban J connectivity index is 1.88. The molecule has 0 amide bonds. The molecule has 4 aromatic rings. The van der Waals surface area contributed by atoms with E-state index >= 15 is 0 Å². The van der Waals surface area contributed by atoms with E-state index in [-0.39, 0.29) is 11.6 Å². The number of carbonyl (C=O) groups excluding carboxylic acids is 1. The van der Waals surface area contributed by atoms with Crippen molar-refractivity contribution in [1.82, 2.24) is 9.38 Å². The van der Waals surface area contributed by atoms with Crippen LogP contribution in [-0.4, -0.2) is 15.2 Å². The number of fused-ring (bicyclic) bond motifs is 1. The summed E-state index contributed by atoms with van der Waals surface area (Å²) in [6, 6.07) is 15.7. The number of hydrogen-bond acceptors (Lipinski definition) is 3. The summed E-state index contributed by atoms with van der Waals surface area (Å²) in [6.07, 6.45) is 1.60. The van der Waals surface area contributed by atoms with Crippen molar-refractivity contribution in [1.29, 1.82) is 0 Å². The number of nitrogens with two attached hydrogens (primary N) is 1. The van der Waals surface area contributed by atoms with Gasteiger partial charge in [-0.15, -0.1) is 0 Å². The molecule has 26 heavy (non-hydrogen) atoms. The molecule has 0 saturated carbocycles. The van der Waals surface area contributed by atoms with E-state index in [4.69, 9.17) is 5.73 Å². The molecule has 0 atom stereocenters. The fraction of sp³-hybridized carbons (Fsp3) is 0. The lowest BCUT2D eigenvalue weighted by Gasteiger charge is -2.06. The smallest absolute Gasteiger partial charge is 0.194 e. The fourth-order valence-corrected chi connectivity index (χ4v) is 2.88. The van der Waals surface area contributed by atoms with Gasteiger partial charge in [-0.25, -0.2) is 13.8 Å². The van der Waals surface area contributed by atoms with Crippen LogP contribution >= 0.6 is 0 Å². The molecule has 4 rings (SSSR count). The van der Waals surface area contributed by atoms with Crippen molar-refractivity contribution >= 4 is 17.2 Å². The minimum Gasteiger partial charge on any atom is -0.382 e. The van der Waals surface area contributed by atoms with Crippen LogP contribution < -0.4 is 5.73 Å². The second-order valence-corrected chi connectivity index (χ2v) is 5.82. The molecule has 2 aromatic heterocycles. The van der Waals surface area contributed by atoms with E-state index < -0.39 is 11.6 Å². The third kappa shape index (κ3) is 2.61. The lowest BCUT2D eigenvalue weighted by molar-refractivity contribution is 0.103. The maximum absolute atomic E-state index is 13.6. The van der Waals surface area contributed by atoms with Crippen LogP contribution in [0.25, 0.3) is 16.9 Å². The van der Waals surface area contributed by atoms with Crippen molar-refractivity contribution in [2.45, 2.75) is 0 Å². The molecule has 0 fully saturated rings. The Labute approximate surface area is 147 Å². The molecule has 4 nitrogen and oxygen atoms in total. The number of benzene rings is 2. The van der Waals surface area contributed by atoms with Crippen LogP contribution in [0.2, 0.25) is 0 Å². The molecule has 0 aliphatic heterocycles. The zero-order valence-corrected chi connectivity index (χ0v) is 13.5. The predicted molar refractivity (Wildman–Crippen MR) is 94.8 cm³/mol. The molecule has 2 aromatic carbocycles. The second-order valence-electron chi connectivity index (χ2n) is 5.82. The van der Waals surface area contributed by atoms with Crippen molar-refractivity contribution in [3.63, 3.8) is 0 Å². The lowest BCUT2D eigenvalue weighted by atomic mass is 10.1.